The fraction of sp³-hybridized carbons (Fsp3) is 0.211. The van der Waals surface area contributed by atoms with Crippen molar-refractivity contribution in [2.45, 2.75) is 24.3 Å². The molecule has 2 N–H and O–H groups in total. The van der Waals surface area contributed by atoms with Crippen LogP contribution in [-0.2, 0) is 15.6 Å². The van der Waals surface area contributed by atoms with Crippen LogP contribution in [0, 0.1) is 18.2 Å². The number of halogens is 2. The Bertz CT molecular complexity index is 997. The van der Waals surface area contributed by atoms with Crippen molar-refractivity contribution in [3.05, 3.63) is 64.4 Å². The van der Waals surface area contributed by atoms with Crippen LogP contribution in [0.2, 0.25) is 5.02 Å². The van der Waals surface area contributed by atoms with Gasteiger partial charge in [0.15, 0.2) is 0 Å². The van der Waals surface area contributed by atoms with Crippen molar-refractivity contribution in [3.63, 3.8) is 0 Å². The van der Waals surface area contributed by atoms with Gasteiger partial charge in [-0.1, -0.05) is 23.6 Å². The Kier molecular flexibility index (Phi) is 6.26. The number of carbonyl (C=O) groups excluding carboxylic acids is 1. The first-order valence-electron chi connectivity index (χ1n) is 7.88. The van der Waals surface area contributed by atoms with Gasteiger partial charge in [-0.15, -0.1) is 6.42 Å². The molecule has 5 nitrogen and oxygen atoms in total. The molecule has 8 heteroatoms. The number of amides is 1. The van der Waals surface area contributed by atoms with Crippen molar-refractivity contribution in [3.8, 4) is 12.3 Å². The highest BCUT2D eigenvalue weighted by Gasteiger charge is 2.26. The summed E-state index contributed by atoms with van der Waals surface area (Å²) >= 11 is 6.08. The van der Waals surface area contributed by atoms with E-state index >= 15 is 0 Å². The molecule has 0 fully saturated rings. The molecule has 0 atom stereocenters. The zero-order valence-corrected chi connectivity index (χ0v) is 16.3. The lowest BCUT2D eigenvalue weighted by molar-refractivity contribution is 0.0912. The maximum absolute atomic E-state index is 13.2. The molecule has 0 bridgehead atoms. The summed E-state index contributed by atoms with van der Waals surface area (Å²) in [7, 11) is -3.73. The number of benzene rings is 2. The predicted molar refractivity (Wildman–Crippen MR) is 102 cm³/mol. The second kappa shape index (κ2) is 8.09. The van der Waals surface area contributed by atoms with E-state index in [0.29, 0.717) is 5.56 Å². The van der Waals surface area contributed by atoms with Crippen molar-refractivity contribution >= 4 is 27.5 Å². The van der Waals surface area contributed by atoms with E-state index in [1.807, 2.05) is 0 Å². The molecule has 2 aromatic rings. The van der Waals surface area contributed by atoms with Gasteiger partial charge in [-0.3, -0.25) is 4.79 Å². The summed E-state index contributed by atoms with van der Waals surface area (Å²) in [5.41, 5.74) is -0.0603. The lowest BCUT2D eigenvalue weighted by atomic mass is 9.93. The van der Waals surface area contributed by atoms with E-state index in [-0.39, 0.29) is 22.0 Å². The molecule has 0 aliphatic rings. The highest BCUT2D eigenvalue weighted by atomic mass is 35.5. The molecule has 27 heavy (non-hydrogen) atoms. The summed E-state index contributed by atoms with van der Waals surface area (Å²) in [4.78, 5) is 12.5. The Morgan fingerprint density at radius 1 is 1.22 bits per heavy atom. The Hall–Kier alpha value is -2.40. The maximum atomic E-state index is 13.2. The lowest BCUT2D eigenvalue weighted by Crippen LogP contribution is -2.41. The average molecular weight is 409 g/mol. The van der Waals surface area contributed by atoms with Gasteiger partial charge >= 0.3 is 0 Å². The largest absolute Gasteiger partial charge is 0.343 e. The molecule has 2 aromatic carbocycles. The van der Waals surface area contributed by atoms with Gasteiger partial charge in [0.1, 0.15) is 5.82 Å². The molecule has 0 aromatic heterocycles. The molecule has 0 heterocycles. The van der Waals surface area contributed by atoms with Gasteiger partial charge in [-0.2, -0.15) is 4.72 Å². The van der Waals surface area contributed by atoms with Crippen molar-refractivity contribution in [2.24, 2.45) is 0 Å². The summed E-state index contributed by atoms with van der Waals surface area (Å²) < 4.78 is 39.5. The lowest BCUT2D eigenvalue weighted by Gasteiger charge is -2.28. The number of nitrogens with one attached hydrogen (secondary N) is 2. The second-order valence-corrected chi connectivity index (χ2v) is 8.43. The SMILES string of the molecule is C#CCNS(=O)(=O)c1ccc(C(=O)NC(C)(C)c2ccc(F)cc2Cl)cc1. The summed E-state index contributed by atoms with van der Waals surface area (Å²) in [6.07, 6.45) is 5.04. The predicted octanol–water partition coefficient (Wildman–Crippen LogP) is 3.06. The number of terminal acetylenes is 1. The summed E-state index contributed by atoms with van der Waals surface area (Å²) in [5, 5.41) is 3.00. The van der Waals surface area contributed by atoms with Crippen LogP contribution in [0.15, 0.2) is 47.4 Å². The first-order valence-corrected chi connectivity index (χ1v) is 9.74. The van der Waals surface area contributed by atoms with Crippen molar-refractivity contribution in [1.82, 2.24) is 10.0 Å². The molecular formula is C19H18ClFN2O3S. The molecule has 1 amide bonds. The maximum Gasteiger partial charge on any atom is 0.251 e. The number of carbonyl (C=O) groups is 1. The Morgan fingerprint density at radius 2 is 1.85 bits per heavy atom. The Balaban J connectivity index is 2.19. The standard InChI is InChI=1S/C19H18ClFN2O3S/c1-4-11-22-27(25,26)15-8-5-13(6-9-15)18(24)23-19(2,3)16-10-7-14(21)12-17(16)20/h1,5-10,12,22H,11H2,2-3H3,(H,23,24). The minimum Gasteiger partial charge on any atom is -0.343 e. The Morgan fingerprint density at radius 3 is 2.41 bits per heavy atom. The third-order valence-corrected chi connectivity index (χ3v) is 5.55. The highest BCUT2D eigenvalue weighted by Crippen LogP contribution is 2.28. The van der Waals surface area contributed by atoms with Crippen LogP contribution >= 0.6 is 11.6 Å². The molecule has 0 unspecified atom stereocenters. The van der Waals surface area contributed by atoms with E-state index in [2.05, 4.69) is 16.0 Å². The zero-order valence-electron chi connectivity index (χ0n) is 14.7. The first-order chi connectivity index (χ1) is 12.6. The fourth-order valence-corrected chi connectivity index (χ4v) is 3.76. The number of sulfonamides is 1. The van der Waals surface area contributed by atoms with Crippen LogP contribution in [-0.4, -0.2) is 20.9 Å². The van der Waals surface area contributed by atoms with Gasteiger partial charge in [0.25, 0.3) is 5.91 Å². The van der Waals surface area contributed by atoms with Crippen molar-refractivity contribution < 1.29 is 17.6 Å². The van der Waals surface area contributed by atoms with E-state index in [9.17, 15) is 17.6 Å². The number of hydrogen-bond acceptors (Lipinski definition) is 3. The topological polar surface area (TPSA) is 75.3 Å². The van der Waals surface area contributed by atoms with Gasteiger partial charge in [0.05, 0.1) is 17.0 Å². The molecule has 142 valence electrons. The molecular weight excluding hydrogens is 391 g/mol. The fourth-order valence-electron chi connectivity index (χ4n) is 2.43. The molecule has 0 aliphatic heterocycles. The van der Waals surface area contributed by atoms with Gasteiger partial charge in [0.2, 0.25) is 10.0 Å². The van der Waals surface area contributed by atoms with Crippen LogP contribution < -0.4 is 10.0 Å². The van der Waals surface area contributed by atoms with E-state index in [0.717, 1.165) is 0 Å². The van der Waals surface area contributed by atoms with Crippen molar-refractivity contribution in [1.29, 1.82) is 0 Å². The monoisotopic (exact) mass is 408 g/mol. The van der Waals surface area contributed by atoms with E-state index < -0.39 is 27.3 Å². The quantitative estimate of drug-likeness (QED) is 0.721. The van der Waals surface area contributed by atoms with Crippen LogP contribution in [0.5, 0.6) is 0 Å². The molecule has 0 saturated heterocycles. The third kappa shape index (κ3) is 5.07. The van der Waals surface area contributed by atoms with E-state index in [1.54, 1.807) is 13.8 Å². The Labute approximate surface area is 163 Å². The van der Waals surface area contributed by atoms with Crippen molar-refractivity contribution in [2.75, 3.05) is 6.54 Å². The van der Waals surface area contributed by atoms with Crippen LogP contribution in [0.4, 0.5) is 4.39 Å². The van der Waals surface area contributed by atoms with Crippen LogP contribution in [0.3, 0.4) is 0 Å². The summed E-state index contributed by atoms with van der Waals surface area (Å²) in [6, 6.07) is 9.35. The zero-order chi connectivity index (χ0) is 20.2. The van der Waals surface area contributed by atoms with E-state index in [1.165, 1.54) is 42.5 Å². The summed E-state index contributed by atoms with van der Waals surface area (Å²) in [6.45, 7) is 3.33. The van der Waals surface area contributed by atoms with Crippen LogP contribution in [0.1, 0.15) is 29.8 Å². The minimum atomic E-state index is -3.73. The number of hydrogen-bond donors (Lipinski definition) is 2. The second-order valence-electron chi connectivity index (χ2n) is 6.26. The average Bonchev–Trinajstić information content (AvgIpc) is 2.59. The van der Waals surface area contributed by atoms with Gasteiger partial charge in [0, 0.05) is 10.6 Å². The molecule has 0 aliphatic carbocycles. The third-order valence-electron chi connectivity index (χ3n) is 3.82. The molecule has 0 saturated carbocycles. The molecule has 0 spiro atoms. The van der Waals surface area contributed by atoms with Crippen LogP contribution in [0.25, 0.3) is 0 Å². The summed E-state index contributed by atoms with van der Waals surface area (Å²) in [5.74, 6) is 1.28. The smallest absolute Gasteiger partial charge is 0.251 e. The van der Waals surface area contributed by atoms with Gasteiger partial charge in [-0.05, 0) is 55.8 Å². The normalized spacial score (nSPS) is 11.7. The van der Waals surface area contributed by atoms with E-state index in [4.69, 9.17) is 18.0 Å². The number of rotatable bonds is 6. The molecule has 0 radical (unpaired) electrons. The first kappa shape index (κ1) is 20.9. The molecule has 2 rings (SSSR count). The minimum absolute atomic E-state index is 0.00450. The highest BCUT2D eigenvalue weighted by molar-refractivity contribution is 7.89. The van der Waals surface area contributed by atoms with Gasteiger partial charge < -0.3 is 5.32 Å². The van der Waals surface area contributed by atoms with Gasteiger partial charge in [-0.25, -0.2) is 12.8 Å².